The predicted molar refractivity (Wildman–Crippen MR) is 25.8 cm³/mol. The molecule has 0 N–H and O–H groups in total. The summed E-state index contributed by atoms with van der Waals surface area (Å²) in [4.78, 5) is 0. The second kappa shape index (κ2) is 2.21. The van der Waals surface area contributed by atoms with E-state index in [4.69, 9.17) is 0 Å². The number of alkyl halides is 4. The molecule has 0 aliphatic rings. The zero-order valence-corrected chi connectivity index (χ0v) is 5.10. The zero-order chi connectivity index (χ0) is 8.58. The summed E-state index contributed by atoms with van der Waals surface area (Å²) in [7, 11) is 0. The Morgan fingerprint density at radius 1 is 1.20 bits per heavy atom. The summed E-state index contributed by atoms with van der Waals surface area (Å²) >= 11 is 0. The Hall–Kier alpha value is -0.610. The monoisotopic (exact) mass is 160 g/mol. The molecule has 0 bridgehead atoms. The Kier molecular flexibility index (Phi) is 2.08. The maximum atomic E-state index is 12.1. The van der Waals surface area contributed by atoms with Crippen LogP contribution in [0.2, 0.25) is 0 Å². The molecule has 60 valence electrons. The molecule has 0 aliphatic heterocycles. The number of allylic oxidation sites excluding steroid dienone is 1. The summed E-state index contributed by atoms with van der Waals surface area (Å²) in [5.74, 6) is -2.03. The van der Waals surface area contributed by atoms with Gasteiger partial charge in [0.1, 0.15) is 5.83 Å². The quantitative estimate of drug-likeness (QED) is 0.517. The highest BCUT2D eigenvalue weighted by molar-refractivity contribution is 5.06. The van der Waals surface area contributed by atoms with Crippen molar-refractivity contribution >= 4 is 0 Å². The summed E-state index contributed by atoms with van der Waals surface area (Å²) in [5.41, 5.74) is -3.92. The minimum Gasteiger partial charge on any atom is -0.226 e. The molecule has 0 amide bonds. The smallest absolute Gasteiger partial charge is 0.226 e. The maximum absolute atomic E-state index is 12.1. The van der Waals surface area contributed by atoms with E-state index in [9.17, 15) is 22.0 Å². The van der Waals surface area contributed by atoms with Gasteiger partial charge in [0.15, 0.2) is 0 Å². The van der Waals surface area contributed by atoms with Gasteiger partial charge in [-0.15, -0.1) is 0 Å². The Morgan fingerprint density at radius 3 is 1.50 bits per heavy atom. The Morgan fingerprint density at radius 2 is 1.50 bits per heavy atom. The van der Waals surface area contributed by atoms with Gasteiger partial charge >= 0.3 is 6.18 Å². The largest absolute Gasteiger partial charge is 0.428 e. The highest BCUT2D eigenvalue weighted by Gasteiger charge is 2.55. The third kappa shape index (κ3) is 1.46. The fourth-order valence-electron chi connectivity index (χ4n) is 0.154. The van der Waals surface area contributed by atoms with Crippen LogP contribution < -0.4 is 0 Å². The van der Waals surface area contributed by atoms with E-state index in [1.807, 2.05) is 0 Å². The lowest BCUT2D eigenvalue weighted by molar-refractivity contribution is -0.214. The molecule has 0 saturated heterocycles. The van der Waals surface area contributed by atoms with Crippen LogP contribution in [0.15, 0.2) is 12.4 Å². The molecule has 1 atom stereocenters. The lowest BCUT2D eigenvalue weighted by Crippen LogP contribution is -2.37. The van der Waals surface area contributed by atoms with Crippen LogP contribution in [0.25, 0.3) is 0 Å². The van der Waals surface area contributed by atoms with Crippen molar-refractivity contribution in [1.82, 2.24) is 0 Å². The Labute approximate surface area is 54.3 Å². The molecule has 0 radical (unpaired) electrons. The van der Waals surface area contributed by atoms with Crippen molar-refractivity contribution in [2.24, 2.45) is 0 Å². The molecule has 0 aromatic rings. The number of hydrogen-bond donors (Lipinski definition) is 0. The second-order valence-corrected chi connectivity index (χ2v) is 1.91. The van der Waals surface area contributed by atoms with Gasteiger partial charge in [-0.25, -0.2) is 8.78 Å². The molecule has 0 aliphatic carbocycles. The van der Waals surface area contributed by atoms with Gasteiger partial charge in [-0.1, -0.05) is 6.58 Å². The normalized spacial score (nSPS) is 18.2. The molecule has 1 unspecified atom stereocenters. The predicted octanol–water partition coefficient (Wildman–Crippen LogP) is 2.76. The van der Waals surface area contributed by atoms with E-state index in [0.717, 1.165) is 0 Å². The van der Waals surface area contributed by atoms with E-state index < -0.39 is 17.7 Å². The highest BCUT2D eigenvalue weighted by Crippen LogP contribution is 2.38. The van der Waals surface area contributed by atoms with Crippen LogP contribution in [-0.2, 0) is 0 Å². The second-order valence-electron chi connectivity index (χ2n) is 1.91. The fourth-order valence-corrected chi connectivity index (χ4v) is 0.154. The summed E-state index contributed by atoms with van der Waals surface area (Å²) in [6.07, 6.45) is -5.22. The molecule has 0 aromatic heterocycles. The van der Waals surface area contributed by atoms with E-state index in [1.54, 1.807) is 0 Å². The Bertz CT molecular complexity index is 143. The van der Waals surface area contributed by atoms with Crippen LogP contribution in [0.5, 0.6) is 0 Å². The van der Waals surface area contributed by atoms with Gasteiger partial charge in [0, 0.05) is 0 Å². The van der Waals surface area contributed by atoms with Crippen LogP contribution >= 0.6 is 0 Å². The first kappa shape index (κ1) is 9.39. The van der Waals surface area contributed by atoms with Crippen molar-refractivity contribution in [1.29, 1.82) is 0 Å². The van der Waals surface area contributed by atoms with E-state index in [0.29, 0.717) is 0 Å². The molecule has 0 rings (SSSR count). The average Bonchev–Trinajstić information content (AvgIpc) is 1.62. The van der Waals surface area contributed by atoms with Crippen molar-refractivity contribution < 1.29 is 22.0 Å². The average molecular weight is 160 g/mol. The summed E-state index contributed by atoms with van der Waals surface area (Å²) in [5, 5.41) is 0. The van der Waals surface area contributed by atoms with Crippen LogP contribution in [0.4, 0.5) is 22.0 Å². The van der Waals surface area contributed by atoms with Crippen molar-refractivity contribution in [3.8, 4) is 0 Å². The van der Waals surface area contributed by atoms with Crippen molar-refractivity contribution in [2.45, 2.75) is 18.8 Å². The number of halogens is 5. The minimum atomic E-state index is -5.22. The molecular formula is C5H5F5. The molecule has 0 nitrogen and oxygen atoms in total. The molecule has 0 saturated carbocycles. The third-order valence-corrected chi connectivity index (χ3v) is 1.04. The standard InChI is InChI=1S/C5H5F5/c1-3(6)4(2,7)5(8,9)10/h1H2,2H3. The summed E-state index contributed by atoms with van der Waals surface area (Å²) in [6, 6.07) is 0. The molecule has 10 heavy (non-hydrogen) atoms. The van der Waals surface area contributed by atoms with E-state index >= 15 is 0 Å². The van der Waals surface area contributed by atoms with E-state index in [1.165, 1.54) is 0 Å². The van der Waals surface area contributed by atoms with Crippen LogP contribution in [0.3, 0.4) is 0 Å². The SMILES string of the molecule is C=C(F)C(C)(F)C(F)(F)F. The van der Waals surface area contributed by atoms with Gasteiger partial charge in [0.25, 0.3) is 5.67 Å². The Balaban J connectivity index is 4.57. The minimum absolute atomic E-state index is 0.0787. The van der Waals surface area contributed by atoms with E-state index in [2.05, 4.69) is 6.58 Å². The highest BCUT2D eigenvalue weighted by atomic mass is 19.4. The van der Waals surface area contributed by atoms with Crippen molar-refractivity contribution in [3.05, 3.63) is 12.4 Å². The van der Waals surface area contributed by atoms with Crippen LogP contribution in [0, 0.1) is 0 Å². The molecule has 0 spiro atoms. The molecular weight excluding hydrogens is 155 g/mol. The third-order valence-electron chi connectivity index (χ3n) is 1.04. The first-order chi connectivity index (χ1) is 4.19. The van der Waals surface area contributed by atoms with Gasteiger partial charge in [0.2, 0.25) is 0 Å². The van der Waals surface area contributed by atoms with Gasteiger partial charge in [-0.05, 0) is 6.92 Å². The summed E-state index contributed by atoms with van der Waals surface area (Å²) < 4.78 is 58.0. The van der Waals surface area contributed by atoms with Gasteiger partial charge in [0.05, 0.1) is 0 Å². The van der Waals surface area contributed by atoms with Gasteiger partial charge in [-0.3, -0.25) is 0 Å². The topological polar surface area (TPSA) is 0 Å². The van der Waals surface area contributed by atoms with Crippen molar-refractivity contribution in [2.75, 3.05) is 0 Å². The van der Waals surface area contributed by atoms with Crippen molar-refractivity contribution in [3.63, 3.8) is 0 Å². The number of hydrogen-bond acceptors (Lipinski definition) is 0. The maximum Gasteiger partial charge on any atom is 0.428 e. The van der Waals surface area contributed by atoms with Gasteiger partial charge < -0.3 is 0 Å². The lowest BCUT2D eigenvalue weighted by atomic mass is 10.1. The summed E-state index contributed by atoms with van der Waals surface area (Å²) in [6.45, 7) is 2.31. The fraction of sp³-hybridized carbons (Fsp3) is 0.600. The first-order valence-electron chi connectivity index (χ1n) is 2.30. The van der Waals surface area contributed by atoms with E-state index in [-0.39, 0.29) is 6.92 Å². The van der Waals surface area contributed by atoms with Crippen LogP contribution in [-0.4, -0.2) is 11.8 Å². The molecule has 0 heterocycles. The molecule has 0 fully saturated rings. The molecule has 5 heteroatoms. The molecule has 0 aromatic carbocycles. The lowest BCUT2D eigenvalue weighted by Gasteiger charge is -2.20. The van der Waals surface area contributed by atoms with Crippen LogP contribution in [0.1, 0.15) is 6.92 Å². The van der Waals surface area contributed by atoms with Gasteiger partial charge in [-0.2, -0.15) is 13.2 Å². The zero-order valence-electron chi connectivity index (χ0n) is 5.10. The number of rotatable bonds is 1. The first-order valence-corrected chi connectivity index (χ1v) is 2.30.